The lowest BCUT2D eigenvalue weighted by Crippen LogP contribution is -2.54. The quantitative estimate of drug-likeness (QED) is 0.918. The average Bonchev–Trinajstić information content (AvgIpc) is 3.19. The first-order chi connectivity index (χ1) is 11.1. The van der Waals surface area contributed by atoms with Crippen LogP contribution in [-0.4, -0.2) is 39.6 Å². The summed E-state index contributed by atoms with van der Waals surface area (Å²) in [4.78, 5) is 25.8. The minimum absolute atomic E-state index is 0.124. The number of nitrogens with two attached hydrogens (primary N) is 1. The molecule has 2 N–H and O–H groups in total. The van der Waals surface area contributed by atoms with Crippen molar-refractivity contribution in [2.45, 2.75) is 24.3 Å². The maximum Gasteiger partial charge on any atom is 0.251 e. The van der Waals surface area contributed by atoms with Crippen LogP contribution in [-0.2, 0) is 10.2 Å². The first-order valence-electron chi connectivity index (χ1n) is 7.79. The lowest BCUT2D eigenvalue weighted by Gasteiger charge is -2.41. The highest BCUT2D eigenvalue weighted by molar-refractivity contribution is 5.92. The van der Waals surface area contributed by atoms with Gasteiger partial charge in [0.2, 0.25) is 5.91 Å². The molecule has 6 nitrogen and oxygen atoms in total. The second kappa shape index (κ2) is 4.94. The van der Waals surface area contributed by atoms with E-state index in [-0.39, 0.29) is 17.4 Å². The zero-order valence-electron chi connectivity index (χ0n) is 12.7. The number of likely N-dealkylation sites (tertiary alicyclic amines) is 1. The molecule has 1 aromatic carbocycles. The Bertz CT molecular complexity index is 758. The van der Waals surface area contributed by atoms with Crippen LogP contribution in [0, 0.1) is 0 Å². The van der Waals surface area contributed by atoms with Gasteiger partial charge in [-0.05, 0) is 18.4 Å². The maximum absolute atomic E-state index is 12.8. The standard InChI is InChI=1S/C17H18N4O2/c18-15(22)12-8-19-21(9-12)14-10-20(11-14)16(23)17(6-7-17)13-4-2-1-3-5-13/h1-5,8-9,14H,6-7,10-11H2,(H2,18,22). The predicted octanol–water partition coefficient (Wildman–Crippen LogP) is 1.10. The zero-order valence-corrected chi connectivity index (χ0v) is 12.7. The van der Waals surface area contributed by atoms with Gasteiger partial charge >= 0.3 is 0 Å². The van der Waals surface area contributed by atoms with Gasteiger partial charge < -0.3 is 10.6 Å². The van der Waals surface area contributed by atoms with Gasteiger partial charge in [-0.25, -0.2) is 0 Å². The van der Waals surface area contributed by atoms with Gasteiger partial charge in [0, 0.05) is 19.3 Å². The highest BCUT2D eigenvalue weighted by atomic mass is 16.2. The van der Waals surface area contributed by atoms with E-state index in [1.807, 2.05) is 35.2 Å². The van der Waals surface area contributed by atoms with Gasteiger partial charge in [0.1, 0.15) is 0 Å². The molecule has 2 amide bonds. The summed E-state index contributed by atoms with van der Waals surface area (Å²) >= 11 is 0. The SMILES string of the molecule is NC(=O)c1cnn(C2CN(C(=O)C3(c4ccccc4)CC3)C2)c1. The molecule has 1 saturated carbocycles. The van der Waals surface area contributed by atoms with E-state index in [0.29, 0.717) is 18.7 Å². The minimum Gasteiger partial charge on any atom is -0.366 e. The van der Waals surface area contributed by atoms with E-state index in [1.165, 1.54) is 6.20 Å². The molecule has 2 heterocycles. The van der Waals surface area contributed by atoms with E-state index in [4.69, 9.17) is 5.73 Å². The van der Waals surface area contributed by atoms with Gasteiger partial charge in [-0.3, -0.25) is 14.3 Å². The highest BCUT2D eigenvalue weighted by Gasteiger charge is 2.54. The number of carbonyl (C=O) groups excluding carboxylic acids is 2. The van der Waals surface area contributed by atoms with Crippen LogP contribution in [0.1, 0.15) is 34.8 Å². The van der Waals surface area contributed by atoms with E-state index in [9.17, 15) is 9.59 Å². The van der Waals surface area contributed by atoms with Crippen LogP contribution in [0.3, 0.4) is 0 Å². The summed E-state index contributed by atoms with van der Waals surface area (Å²) in [6.07, 6.45) is 4.97. The highest BCUT2D eigenvalue weighted by Crippen LogP contribution is 2.50. The number of amides is 2. The fourth-order valence-electron chi connectivity index (χ4n) is 3.26. The number of rotatable bonds is 4. The summed E-state index contributed by atoms with van der Waals surface area (Å²) in [5.74, 6) is -0.272. The Kier molecular flexibility index (Phi) is 3.01. The maximum atomic E-state index is 12.8. The van der Waals surface area contributed by atoms with Gasteiger partial charge in [0.15, 0.2) is 0 Å². The van der Waals surface area contributed by atoms with Crippen molar-refractivity contribution in [3.63, 3.8) is 0 Å². The van der Waals surface area contributed by atoms with Crippen molar-refractivity contribution in [3.05, 3.63) is 53.9 Å². The molecule has 0 unspecified atom stereocenters. The molecule has 23 heavy (non-hydrogen) atoms. The third kappa shape index (κ3) is 2.21. The molecule has 4 rings (SSSR count). The van der Waals surface area contributed by atoms with E-state index in [2.05, 4.69) is 5.10 Å². The van der Waals surface area contributed by atoms with Crippen molar-refractivity contribution in [3.8, 4) is 0 Å². The molecule has 1 aliphatic carbocycles. The summed E-state index contributed by atoms with van der Waals surface area (Å²) in [5.41, 5.74) is 6.44. The second-order valence-electron chi connectivity index (χ2n) is 6.39. The Morgan fingerprint density at radius 1 is 1.17 bits per heavy atom. The minimum atomic E-state index is -0.482. The fourth-order valence-corrected chi connectivity index (χ4v) is 3.26. The average molecular weight is 310 g/mol. The Labute approximate surface area is 133 Å². The molecule has 0 spiro atoms. The molecule has 2 aliphatic rings. The second-order valence-corrected chi connectivity index (χ2v) is 6.39. The third-order valence-corrected chi connectivity index (χ3v) is 4.90. The van der Waals surface area contributed by atoms with Crippen LogP contribution in [0.15, 0.2) is 42.7 Å². The summed E-state index contributed by atoms with van der Waals surface area (Å²) in [6, 6.07) is 10.1. The fraction of sp³-hybridized carbons (Fsp3) is 0.353. The van der Waals surface area contributed by atoms with Crippen LogP contribution in [0.2, 0.25) is 0 Å². The van der Waals surface area contributed by atoms with Gasteiger partial charge in [-0.15, -0.1) is 0 Å². The molecule has 0 radical (unpaired) electrons. The molecule has 2 fully saturated rings. The Hall–Kier alpha value is -2.63. The third-order valence-electron chi connectivity index (χ3n) is 4.90. The van der Waals surface area contributed by atoms with Crippen LogP contribution in [0.5, 0.6) is 0 Å². The van der Waals surface area contributed by atoms with Crippen molar-refractivity contribution in [2.75, 3.05) is 13.1 Å². The normalized spacial score (nSPS) is 19.2. The van der Waals surface area contributed by atoms with Gasteiger partial charge in [0.05, 0.1) is 23.2 Å². The number of hydrogen-bond donors (Lipinski definition) is 1. The first-order valence-corrected chi connectivity index (χ1v) is 7.79. The number of carbonyl (C=O) groups is 2. The summed E-state index contributed by atoms with van der Waals surface area (Å²) in [5, 5.41) is 4.17. The Morgan fingerprint density at radius 2 is 1.87 bits per heavy atom. The van der Waals surface area contributed by atoms with Crippen molar-refractivity contribution >= 4 is 11.8 Å². The molecular weight excluding hydrogens is 292 g/mol. The van der Waals surface area contributed by atoms with Crippen LogP contribution >= 0.6 is 0 Å². The smallest absolute Gasteiger partial charge is 0.251 e. The van der Waals surface area contributed by atoms with Crippen LogP contribution < -0.4 is 5.73 Å². The summed E-state index contributed by atoms with van der Waals surface area (Å²) < 4.78 is 1.73. The Morgan fingerprint density at radius 3 is 2.43 bits per heavy atom. The number of nitrogens with zero attached hydrogens (tertiary/aromatic N) is 3. The summed E-state index contributed by atoms with van der Waals surface area (Å²) in [6.45, 7) is 1.26. The van der Waals surface area contributed by atoms with Crippen LogP contribution in [0.4, 0.5) is 0 Å². The van der Waals surface area contributed by atoms with E-state index in [1.54, 1.807) is 10.9 Å². The number of aromatic nitrogens is 2. The molecule has 2 aromatic rings. The van der Waals surface area contributed by atoms with Crippen molar-refractivity contribution in [1.82, 2.24) is 14.7 Å². The topological polar surface area (TPSA) is 81.2 Å². The number of primary amides is 1. The van der Waals surface area contributed by atoms with Crippen molar-refractivity contribution in [2.24, 2.45) is 5.73 Å². The van der Waals surface area contributed by atoms with Crippen LogP contribution in [0.25, 0.3) is 0 Å². The van der Waals surface area contributed by atoms with Crippen molar-refractivity contribution in [1.29, 1.82) is 0 Å². The van der Waals surface area contributed by atoms with E-state index >= 15 is 0 Å². The van der Waals surface area contributed by atoms with E-state index < -0.39 is 5.91 Å². The number of benzene rings is 1. The molecule has 1 saturated heterocycles. The molecule has 0 bridgehead atoms. The zero-order chi connectivity index (χ0) is 16.0. The largest absolute Gasteiger partial charge is 0.366 e. The monoisotopic (exact) mass is 310 g/mol. The molecule has 6 heteroatoms. The molecular formula is C17H18N4O2. The lowest BCUT2D eigenvalue weighted by molar-refractivity contribution is -0.140. The first kappa shape index (κ1) is 14.0. The van der Waals surface area contributed by atoms with Gasteiger partial charge in [0.25, 0.3) is 5.91 Å². The number of hydrogen-bond acceptors (Lipinski definition) is 3. The Balaban J connectivity index is 1.44. The van der Waals surface area contributed by atoms with Gasteiger partial charge in [-0.1, -0.05) is 30.3 Å². The lowest BCUT2D eigenvalue weighted by atomic mass is 9.92. The summed E-state index contributed by atoms with van der Waals surface area (Å²) in [7, 11) is 0. The molecule has 1 aromatic heterocycles. The molecule has 0 atom stereocenters. The van der Waals surface area contributed by atoms with E-state index in [0.717, 1.165) is 18.4 Å². The molecule has 1 aliphatic heterocycles. The van der Waals surface area contributed by atoms with Crippen molar-refractivity contribution < 1.29 is 9.59 Å². The predicted molar refractivity (Wildman–Crippen MR) is 83.7 cm³/mol. The molecule has 118 valence electrons. The van der Waals surface area contributed by atoms with Gasteiger partial charge in [-0.2, -0.15) is 5.10 Å².